The van der Waals surface area contributed by atoms with E-state index >= 15 is 0 Å². The van der Waals surface area contributed by atoms with Crippen LogP contribution in [0.15, 0.2) is 30.5 Å². The second-order valence-corrected chi connectivity index (χ2v) is 4.25. The summed E-state index contributed by atoms with van der Waals surface area (Å²) in [6.07, 6.45) is 1.57. The van der Waals surface area contributed by atoms with Crippen LogP contribution >= 0.6 is 11.6 Å². The van der Waals surface area contributed by atoms with Crippen molar-refractivity contribution in [1.29, 1.82) is 0 Å². The quantitative estimate of drug-likeness (QED) is 0.922. The number of aliphatic hydroxyl groups is 1. The molecule has 2 rings (SSSR count). The summed E-state index contributed by atoms with van der Waals surface area (Å²) in [6, 6.07) is 7.18. The minimum absolute atomic E-state index is 0.148. The molecule has 0 aliphatic carbocycles. The minimum Gasteiger partial charge on any atom is -0.485 e. The predicted molar refractivity (Wildman–Crippen MR) is 68.5 cm³/mol. The van der Waals surface area contributed by atoms with Gasteiger partial charge in [-0.05, 0) is 31.2 Å². The van der Waals surface area contributed by atoms with Crippen LogP contribution in [0.4, 0.5) is 0 Å². The summed E-state index contributed by atoms with van der Waals surface area (Å²) >= 11 is 5.75. The Morgan fingerprint density at radius 2 is 2.11 bits per heavy atom. The largest absolute Gasteiger partial charge is 0.485 e. The van der Waals surface area contributed by atoms with Crippen molar-refractivity contribution >= 4 is 11.6 Å². The fourth-order valence-corrected chi connectivity index (χ4v) is 1.60. The first kappa shape index (κ1) is 12.8. The highest BCUT2D eigenvalue weighted by Crippen LogP contribution is 2.18. The number of hydrogen-bond donors (Lipinski definition) is 1. The molecule has 0 amide bonds. The normalized spacial score (nSPS) is 10.4. The van der Waals surface area contributed by atoms with Crippen molar-refractivity contribution < 1.29 is 9.84 Å². The number of halogens is 1. The Kier molecular flexibility index (Phi) is 4.12. The van der Waals surface area contributed by atoms with Crippen LogP contribution in [0.5, 0.6) is 5.75 Å². The molecule has 0 aliphatic heterocycles. The second-order valence-electron chi connectivity index (χ2n) is 3.81. The molecule has 0 aliphatic rings. The molecule has 4 nitrogen and oxygen atoms in total. The van der Waals surface area contributed by atoms with Crippen LogP contribution in [0.25, 0.3) is 0 Å². The molecule has 94 valence electrons. The van der Waals surface area contributed by atoms with Gasteiger partial charge in [-0.3, -0.25) is 9.97 Å². The van der Waals surface area contributed by atoms with Gasteiger partial charge in [-0.25, -0.2) is 0 Å². The second kappa shape index (κ2) is 5.80. The van der Waals surface area contributed by atoms with Gasteiger partial charge in [0.15, 0.2) is 0 Å². The first-order chi connectivity index (χ1) is 8.69. The van der Waals surface area contributed by atoms with Crippen LogP contribution in [0.3, 0.4) is 0 Å². The molecule has 0 fully saturated rings. The molecule has 0 radical (unpaired) electrons. The molecule has 2 aromatic heterocycles. The van der Waals surface area contributed by atoms with Crippen LogP contribution in [-0.4, -0.2) is 15.1 Å². The molecule has 0 bridgehead atoms. The molecule has 0 saturated carbocycles. The summed E-state index contributed by atoms with van der Waals surface area (Å²) in [5, 5.41) is 9.79. The van der Waals surface area contributed by atoms with Crippen LogP contribution in [0, 0.1) is 6.92 Å². The predicted octanol–water partition coefficient (Wildman–Crippen LogP) is 2.51. The average Bonchev–Trinajstić information content (AvgIpc) is 2.39. The Labute approximate surface area is 110 Å². The highest BCUT2D eigenvalue weighted by Gasteiger charge is 2.05. The Hall–Kier alpha value is -1.65. The summed E-state index contributed by atoms with van der Waals surface area (Å²) in [4.78, 5) is 8.33. The molecule has 0 aromatic carbocycles. The van der Waals surface area contributed by atoms with Crippen LogP contribution < -0.4 is 4.74 Å². The molecule has 0 saturated heterocycles. The number of rotatable bonds is 4. The number of aromatic nitrogens is 2. The standard InChI is InChI=1S/C13H13ClN2O2/c1-9-2-5-13(12(7-17)16-9)18-8-11-4-3-10(14)6-15-11/h2-6,17H,7-8H2,1H3. The van der Waals surface area contributed by atoms with Gasteiger partial charge < -0.3 is 9.84 Å². The van der Waals surface area contributed by atoms with Gasteiger partial charge in [0.05, 0.1) is 17.3 Å². The first-order valence-corrected chi connectivity index (χ1v) is 5.87. The zero-order valence-electron chi connectivity index (χ0n) is 9.93. The van der Waals surface area contributed by atoms with Crippen molar-refractivity contribution in [2.75, 3.05) is 0 Å². The average molecular weight is 265 g/mol. The van der Waals surface area contributed by atoms with Gasteiger partial charge in [-0.2, -0.15) is 0 Å². The van der Waals surface area contributed by atoms with Gasteiger partial charge in [-0.1, -0.05) is 11.6 Å². The fourth-order valence-electron chi connectivity index (χ4n) is 1.49. The lowest BCUT2D eigenvalue weighted by atomic mass is 10.3. The van der Waals surface area contributed by atoms with E-state index in [-0.39, 0.29) is 6.61 Å². The zero-order valence-corrected chi connectivity index (χ0v) is 10.7. The smallest absolute Gasteiger partial charge is 0.143 e. The number of aliphatic hydroxyl groups excluding tert-OH is 1. The van der Waals surface area contributed by atoms with E-state index in [2.05, 4.69) is 9.97 Å². The summed E-state index contributed by atoms with van der Waals surface area (Å²) < 4.78 is 5.58. The first-order valence-electron chi connectivity index (χ1n) is 5.49. The van der Waals surface area contributed by atoms with E-state index in [0.717, 1.165) is 11.4 Å². The van der Waals surface area contributed by atoms with Crippen molar-refractivity contribution in [2.24, 2.45) is 0 Å². The maximum atomic E-state index is 9.20. The topological polar surface area (TPSA) is 55.2 Å². The van der Waals surface area contributed by atoms with Gasteiger partial charge in [0, 0.05) is 11.9 Å². The lowest BCUT2D eigenvalue weighted by molar-refractivity contribution is 0.252. The van der Waals surface area contributed by atoms with Crippen molar-refractivity contribution in [3.63, 3.8) is 0 Å². The number of hydrogen-bond acceptors (Lipinski definition) is 4. The maximum absolute atomic E-state index is 9.20. The maximum Gasteiger partial charge on any atom is 0.143 e. The van der Waals surface area contributed by atoms with Crippen LogP contribution in [0.1, 0.15) is 17.1 Å². The lowest BCUT2D eigenvalue weighted by Gasteiger charge is -2.09. The molecule has 18 heavy (non-hydrogen) atoms. The van der Waals surface area contributed by atoms with E-state index in [4.69, 9.17) is 16.3 Å². The van der Waals surface area contributed by atoms with Crippen LogP contribution in [0.2, 0.25) is 5.02 Å². The van der Waals surface area contributed by atoms with Gasteiger partial charge in [0.1, 0.15) is 18.1 Å². The monoisotopic (exact) mass is 264 g/mol. The summed E-state index contributed by atoms with van der Waals surface area (Å²) in [5.74, 6) is 0.569. The Morgan fingerprint density at radius 3 is 2.78 bits per heavy atom. The Balaban J connectivity index is 2.08. The Morgan fingerprint density at radius 1 is 1.28 bits per heavy atom. The number of pyridine rings is 2. The molecule has 2 heterocycles. The minimum atomic E-state index is -0.148. The van der Waals surface area contributed by atoms with Crippen molar-refractivity contribution in [3.05, 3.63) is 52.6 Å². The molecule has 2 aromatic rings. The van der Waals surface area contributed by atoms with Gasteiger partial charge in [-0.15, -0.1) is 0 Å². The third-order valence-electron chi connectivity index (χ3n) is 2.39. The third kappa shape index (κ3) is 3.18. The lowest BCUT2D eigenvalue weighted by Crippen LogP contribution is -2.02. The highest BCUT2D eigenvalue weighted by atomic mass is 35.5. The molecule has 0 atom stereocenters. The third-order valence-corrected chi connectivity index (χ3v) is 2.61. The highest BCUT2D eigenvalue weighted by molar-refractivity contribution is 6.30. The molecular formula is C13H13ClN2O2. The van der Waals surface area contributed by atoms with Gasteiger partial charge in [0.2, 0.25) is 0 Å². The molecule has 0 spiro atoms. The summed E-state index contributed by atoms with van der Waals surface area (Å²) in [5.41, 5.74) is 2.14. The van der Waals surface area contributed by atoms with Crippen molar-refractivity contribution in [3.8, 4) is 5.75 Å². The van der Waals surface area contributed by atoms with Crippen LogP contribution in [-0.2, 0) is 13.2 Å². The molecule has 5 heteroatoms. The van der Waals surface area contributed by atoms with Crippen molar-refractivity contribution in [1.82, 2.24) is 9.97 Å². The van der Waals surface area contributed by atoms with Gasteiger partial charge >= 0.3 is 0 Å². The number of ether oxygens (including phenoxy) is 1. The van der Waals surface area contributed by atoms with E-state index in [1.807, 2.05) is 13.0 Å². The van der Waals surface area contributed by atoms with Crippen molar-refractivity contribution in [2.45, 2.75) is 20.1 Å². The molecule has 0 unspecified atom stereocenters. The number of nitrogens with zero attached hydrogens (tertiary/aromatic N) is 2. The van der Waals surface area contributed by atoms with Gasteiger partial charge in [0.25, 0.3) is 0 Å². The van der Waals surface area contributed by atoms with E-state index in [1.165, 1.54) is 0 Å². The van der Waals surface area contributed by atoms with E-state index < -0.39 is 0 Å². The molecule has 1 N–H and O–H groups in total. The van der Waals surface area contributed by atoms with E-state index in [0.29, 0.717) is 23.1 Å². The SMILES string of the molecule is Cc1ccc(OCc2ccc(Cl)cn2)c(CO)n1. The zero-order chi connectivity index (χ0) is 13.0. The molecular weight excluding hydrogens is 252 g/mol. The summed E-state index contributed by atoms with van der Waals surface area (Å²) in [6.45, 7) is 2.03. The Bertz CT molecular complexity index is 529. The number of aryl methyl sites for hydroxylation is 1. The fraction of sp³-hybridized carbons (Fsp3) is 0.231. The van der Waals surface area contributed by atoms with E-state index in [9.17, 15) is 5.11 Å². The van der Waals surface area contributed by atoms with E-state index in [1.54, 1.807) is 24.4 Å². The summed E-state index contributed by atoms with van der Waals surface area (Å²) in [7, 11) is 0.